The van der Waals surface area contributed by atoms with Gasteiger partial charge in [-0.2, -0.15) is 0 Å². The molecule has 5 heteroatoms. The Morgan fingerprint density at radius 1 is 1.43 bits per heavy atom. The molecule has 1 saturated heterocycles. The zero-order valence-corrected chi connectivity index (χ0v) is 9.64. The van der Waals surface area contributed by atoms with E-state index in [0.29, 0.717) is 26.1 Å². The molecule has 0 radical (unpaired) electrons. The molecule has 0 aliphatic carbocycles. The maximum Gasteiger partial charge on any atom is 0.154 e. The van der Waals surface area contributed by atoms with Gasteiger partial charge < -0.3 is 10.1 Å². The zero-order chi connectivity index (χ0) is 10.6. The van der Waals surface area contributed by atoms with Gasteiger partial charge >= 0.3 is 0 Å². The number of hydrogen-bond acceptors (Lipinski definition) is 4. The van der Waals surface area contributed by atoms with Gasteiger partial charge in [0.25, 0.3) is 0 Å². The van der Waals surface area contributed by atoms with Gasteiger partial charge in [0.2, 0.25) is 0 Å². The molecule has 4 nitrogen and oxygen atoms in total. The molecule has 0 bridgehead atoms. The van der Waals surface area contributed by atoms with E-state index in [1.54, 1.807) is 7.05 Å². The molecule has 1 unspecified atom stereocenters. The molecule has 0 aromatic carbocycles. The summed E-state index contributed by atoms with van der Waals surface area (Å²) in [4.78, 5) is 0. The van der Waals surface area contributed by atoms with Gasteiger partial charge in [0.15, 0.2) is 9.84 Å². The highest BCUT2D eigenvalue weighted by Crippen LogP contribution is 2.17. The SMILES string of the molecule is CNC(C)CS(=O)(=O)C1CCOCC1. The minimum absolute atomic E-state index is 0.0304. The summed E-state index contributed by atoms with van der Waals surface area (Å²) in [7, 11) is -1.16. The molecule has 1 N–H and O–H groups in total. The Morgan fingerprint density at radius 2 is 2.00 bits per heavy atom. The lowest BCUT2D eigenvalue weighted by Crippen LogP contribution is -2.37. The molecule has 1 rings (SSSR count). The van der Waals surface area contributed by atoms with Gasteiger partial charge in [-0.25, -0.2) is 8.42 Å². The van der Waals surface area contributed by atoms with E-state index in [4.69, 9.17) is 4.74 Å². The van der Waals surface area contributed by atoms with Crippen LogP contribution in [0.25, 0.3) is 0 Å². The lowest BCUT2D eigenvalue weighted by molar-refractivity contribution is 0.0983. The van der Waals surface area contributed by atoms with Crippen LogP contribution in [-0.4, -0.2) is 45.7 Å². The van der Waals surface area contributed by atoms with Crippen molar-refractivity contribution in [3.8, 4) is 0 Å². The largest absolute Gasteiger partial charge is 0.381 e. The smallest absolute Gasteiger partial charge is 0.154 e. The maximum atomic E-state index is 11.9. The van der Waals surface area contributed by atoms with Gasteiger partial charge in [-0.05, 0) is 26.8 Å². The molecule has 1 aliphatic rings. The fourth-order valence-corrected chi connectivity index (χ4v) is 3.65. The molecular weight excluding hydrogens is 202 g/mol. The molecule has 1 heterocycles. The fraction of sp³-hybridized carbons (Fsp3) is 1.00. The predicted octanol–water partition coefficient (Wildman–Crippen LogP) is 0.188. The van der Waals surface area contributed by atoms with Gasteiger partial charge in [-0.1, -0.05) is 0 Å². The second-order valence-corrected chi connectivity index (χ2v) is 6.16. The summed E-state index contributed by atoms with van der Waals surface area (Å²) in [6.07, 6.45) is 1.30. The van der Waals surface area contributed by atoms with Crippen molar-refractivity contribution in [1.29, 1.82) is 0 Å². The Bertz CT molecular complexity index is 257. The van der Waals surface area contributed by atoms with E-state index in [0.717, 1.165) is 0 Å². The Morgan fingerprint density at radius 3 is 2.50 bits per heavy atom. The Balaban J connectivity index is 2.54. The van der Waals surface area contributed by atoms with Crippen LogP contribution >= 0.6 is 0 Å². The summed E-state index contributed by atoms with van der Waals surface area (Å²) >= 11 is 0. The highest BCUT2D eigenvalue weighted by Gasteiger charge is 2.28. The lowest BCUT2D eigenvalue weighted by atomic mass is 10.2. The van der Waals surface area contributed by atoms with Crippen molar-refractivity contribution in [3.63, 3.8) is 0 Å². The van der Waals surface area contributed by atoms with Crippen molar-refractivity contribution >= 4 is 9.84 Å². The first kappa shape index (κ1) is 11.9. The van der Waals surface area contributed by atoms with E-state index in [1.165, 1.54) is 0 Å². The topological polar surface area (TPSA) is 55.4 Å². The summed E-state index contributed by atoms with van der Waals surface area (Å²) in [6, 6.07) is 0.0304. The normalized spacial score (nSPS) is 22.1. The average Bonchev–Trinajstić information content (AvgIpc) is 2.18. The van der Waals surface area contributed by atoms with Gasteiger partial charge in [-0.15, -0.1) is 0 Å². The Hall–Kier alpha value is -0.130. The quantitative estimate of drug-likeness (QED) is 0.736. The molecule has 0 spiro atoms. The number of rotatable bonds is 4. The van der Waals surface area contributed by atoms with Crippen molar-refractivity contribution in [1.82, 2.24) is 5.32 Å². The number of sulfone groups is 1. The van der Waals surface area contributed by atoms with Crippen LogP contribution in [0.2, 0.25) is 0 Å². The van der Waals surface area contributed by atoms with Crippen molar-refractivity contribution in [2.45, 2.75) is 31.1 Å². The van der Waals surface area contributed by atoms with E-state index in [2.05, 4.69) is 5.32 Å². The van der Waals surface area contributed by atoms with E-state index >= 15 is 0 Å². The zero-order valence-electron chi connectivity index (χ0n) is 8.82. The fourth-order valence-electron chi connectivity index (χ4n) is 1.60. The van der Waals surface area contributed by atoms with Crippen molar-refractivity contribution in [2.75, 3.05) is 26.0 Å². The van der Waals surface area contributed by atoms with Crippen LogP contribution in [-0.2, 0) is 14.6 Å². The molecule has 14 heavy (non-hydrogen) atoms. The second-order valence-electron chi connectivity index (χ2n) is 3.83. The Kier molecular flexibility index (Phi) is 4.34. The van der Waals surface area contributed by atoms with Crippen molar-refractivity contribution < 1.29 is 13.2 Å². The Labute approximate surface area is 85.9 Å². The van der Waals surface area contributed by atoms with Crippen LogP contribution in [0.3, 0.4) is 0 Å². The van der Waals surface area contributed by atoms with Crippen LogP contribution in [0.1, 0.15) is 19.8 Å². The molecule has 1 aliphatic heterocycles. The molecule has 0 aromatic heterocycles. The third-order valence-corrected chi connectivity index (χ3v) is 5.10. The highest BCUT2D eigenvalue weighted by atomic mass is 32.2. The summed E-state index contributed by atoms with van der Waals surface area (Å²) in [5.74, 6) is 0.230. The van der Waals surface area contributed by atoms with E-state index in [-0.39, 0.29) is 17.0 Å². The number of hydrogen-bond donors (Lipinski definition) is 1. The summed E-state index contributed by atoms with van der Waals surface area (Å²) < 4.78 is 28.9. The van der Waals surface area contributed by atoms with Crippen LogP contribution in [0.15, 0.2) is 0 Å². The van der Waals surface area contributed by atoms with Crippen LogP contribution < -0.4 is 5.32 Å². The molecule has 0 aromatic rings. The monoisotopic (exact) mass is 221 g/mol. The van der Waals surface area contributed by atoms with E-state index in [9.17, 15) is 8.42 Å². The molecule has 1 fully saturated rings. The van der Waals surface area contributed by atoms with Gasteiger partial charge in [0.05, 0.1) is 11.0 Å². The molecule has 1 atom stereocenters. The molecular formula is C9H19NO3S. The van der Waals surface area contributed by atoms with Crippen LogP contribution in [0.5, 0.6) is 0 Å². The molecule has 0 saturated carbocycles. The first-order chi connectivity index (χ1) is 6.56. The van der Waals surface area contributed by atoms with Gasteiger partial charge in [0, 0.05) is 19.3 Å². The predicted molar refractivity (Wildman–Crippen MR) is 56.1 cm³/mol. The summed E-state index contributed by atoms with van der Waals surface area (Å²) in [6.45, 7) is 3.05. The minimum atomic E-state index is -2.94. The number of nitrogens with one attached hydrogen (secondary N) is 1. The van der Waals surface area contributed by atoms with Crippen LogP contribution in [0.4, 0.5) is 0 Å². The third kappa shape index (κ3) is 3.22. The average molecular weight is 221 g/mol. The van der Waals surface area contributed by atoms with Gasteiger partial charge in [0.1, 0.15) is 0 Å². The maximum absolute atomic E-state index is 11.9. The standard InChI is InChI=1S/C9H19NO3S/c1-8(10-2)7-14(11,12)9-3-5-13-6-4-9/h8-10H,3-7H2,1-2H3. The lowest BCUT2D eigenvalue weighted by Gasteiger charge is -2.23. The van der Waals surface area contributed by atoms with Crippen molar-refractivity contribution in [2.24, 2.45) is 0 Å². The van der Waals surface area contributed by atoms with E-state index in [1.807, 2.05) is 6.92 Å². The summed E-state index contributed by atoms with van der Waals surface area (Å²) in [5, 5.41) is 2.76. The third-order valence-electron chi connectivity index (χ3n) is 2.65. The van der Waals surface area contributed by atoms with E-state index < -0.39 is 9.84 Å². The van der Waals surface area contributed by atoms with Crippen LogP contribution in [0, 0.1) is 0 Å². The first-order valence-corrected chi connectivity index (χ1v) is 6.74. The first-order valence-electron chi connectivity index (χ1n) is 5.03. The summed E-state index contributed by atoms with van der Waals surface area (Å²) in [5.41, 5.74) is 0. The molecule has 84 valence electrons. The number of ether oxygens (including phenoxy) is 1. The van der Waals surface area contributed by atoms with Crippen molar-refractivity contribution in [3.05, 3.63) is 0 Å². The second kappa shape index (κ2) is 5.09. The van der Waals surface area contributed by atoms with Gasteiger partial charge in [-0.3, -0.25) is 0 Å². The minimum Gasteiger partial charge on any atom is -0.381 e. The molecule has 0 amide bonds. The highest BCUT2D eigenvalue weighted by molar-refractivity contribution is 7.92.